The van der Waals surface area contributed by atoms with E-state index in [2.05, 4.69) is 26.2 Å². The number of carboxylic acid groups (broad SMARTS) is 1. The van der Waals surface area contributed by atoms with Crippen molar-refractivity contribution in [3.63, 3.8) is 0 Å². The molecule has 0 radical (unpaired) electrons. The number of benzene rings is 1. The molecule has 2 heterocycles. The van der Waals surface area contributed by atoms with Crippen molar-refractivity contribution in [3.8, 4) is 0 Å². The molecule has 5 nitrogen and oxygen atoms in total. The molecule has 0 spiro atoms. The SMILES string of the molecule is Cc1c(Nc2ccc(Br)cc2F)c(C(=O)O)cn2ccnc12. The summed E-state index contributed by atoms with van der Waals surface area (Å²) in [5.74, 6) is -1.58. The van der Waals surface area contributed by atoms with Crippen molar-refractivity contribution in [3.05, 3.63) is 58.2 Å². The lowest BCUT2D eigenvalue weighted by atomic mass is 10.1. The highest BCUT2D eigenvalue weighted by Gasteiger charge is 2.18. The zero-order chi connectivity index (χ0) is 15.9. The summed E-state index contributed by atoms with van der Waals surface area (Å²) in [7, 11) is 0. The van der Waals surface area contributed by atoms with Crippen LogP contribution < -0.4 is 5.32 Å². The van der Waals surface area contributed by atoms with Crippen molar-refractivity contribution in [1.29, 1.82) is 0 Å². The lowest BCUT2D eigenvalue weighted by molar-refractivity contribution is 0.0697. The predicted molar refractivity (Wildman–Crippen MR) is 84.3 cm³/mol. The van der Waals surface area contributed by atoms with Gasteiger partial charge in [-0.3, -0.25) is 0 Å². The quantitative estimate of drug-likeness (QED) is 0.738. The summed E-state index contributed by atoms with van der Waals surface area (Å²) in [6.07, 6.45) is 4.70. The Labute approximate surface area is 133 Å². The van der Waals surface area contributed by atoms with Crippen molar-refractivity contribution in [2.24, 2.45) is 0 Å². The minimum Gasteiger partial charge on any atom is -0.478 e. The maximum atomic E-state index is 14.0. The van der Waals surface area contributed by atoms with Gasteiger partial charge >= 0.3 is 5.97 Å². The van der Waals surface area contributed by atoms with E-state index in [1.54, 1.807) is 35.9 Å². The molecule has 7 heteroatoms. The average Bonchev–Trinajstić information content (AvgIpc) is 2.92. The molecular formula is C15H11BrFN3O2. The number of aryl methyl sites for hydroxylation is 1. The largest absolute Gasteiger partial charge is 0.478 e. The van der Waals surface area contributed by atoms with Crippen LogP contribution >= 0.6 is 15.9 Å². The molecule has 0 bridgehead atoms. The third kappa shape index (κ3) is 2.43. The molecule has 0 aliphatic rings. The van der Waals surface area contributed by atoms with Crippen LogP contribution in [-0.2, 0) is 0 Å². The first-order valence-corrected chi connectivity index (χ1v) is 7.18. The van der Waals surface area contributed by atoms with Gasteiger partial charge in [-0.2, -0.15) is 0 Å². The molecule has 0 amide bonds. The van der Waals surface area contributed by atoms with E-state index < -0.39 is 11.8 Å². The van der Waals surface area contributed by atoms with Gasteiger partial charge in [0.05, 0.1) is 16.9 Å². The van der Waals surface area contributed by atoms with Crippen molar-refractivity contribution < 1.29 is 14.3 Å². The third-order valence-electron chi connectivity index (χ3n) is 3.34. The maximum Gasteiger partial charge on any atom is 0.339 e. The fourth-order valence-corrected chi connectivity index (χ4v) is 2.61. The number of pyridine rings is 1. The fraction of sp³-hybridized carbons (Fsp3) is 0.0667. The van der Waals surface area contributed by atoms with Crippen LogP contribution in [0.4, 0.5) is 15.8 Å². The number of imidazole rings is 1. The molecule has 0 aliphatic carbocycles. The van der Waals surface area contributed by atoms with Gasteiger partial charge in [0.1, 0.15) is 11.5 Å². The highest BCUT2D eigenvalue weighted by atomic mass is 79.9. The second-order valence-corrected chi connectivity index (χ2v) is 5.67. The van der Waals surface area contributed by atoms with Crippen LogP contribution in [0.15, 0.2) is 41.3 Å². The molecule has 0 saturated carbocycles. The van der Waals surface area contributed by atoms with Crippen LogP contribution in [0, 0.1) is 12.7 Å². The first-order valence-electron chi connectivity index (χ1n) is 6.39. The number of nitrogens with one attached hydrogen (secondary N) is 1. The van der Waals surface area contributed by atoms with Crippen LogP contribution in [-0.4, -0.2) is 20.5 Å². The van der Waals surface area contributed by atoms with Crippen LogP contribution in [0.3, 0.4) is 0 Å². The number of fused-ring (bicyclic) bond motifs is 1. The smallest absolute Gasteiger partial charge is 0.339 e. The first-order chi connectivity index (χ1) is 10.5. The number of carboxylic acids is 1. The summed E-state index contributed by atoms with van der Waals surface area (Å²) < 4.78 is 16.2. The molecule has 0 atom stereocenters. The van der Waals surface area contributed by atoms with Gasteiger partial charge < -0.3 is 14.8 Å². The zero-order valence-corrected chi connectivity index (χ0v) is 13.1. The second kappa shape index (κ2) is 5.42. The summed E-state index contributed by atoms with van der Waals surface area (Å²) in [4.78, 5) is 15.7. The Kier molecular flexibility index (Phi) is 3.58. The summed E-state index contributed by atoms with van der Waals surface area (Å²) in [5.41, 5.74) is 1.82. The van der Waals surface area contributed by atoms with Crippen LogP contribution in [0.5, 0.6) is 0 Å². The Morgan fingerprint density at radius 2 is 2.23 bits per heavy atom. The topological polar surface area (TPSA) is 66.6 Å². The van der Waals surface area contributed by atoms with Gasteiger partial charge in [-0.1, -0.05) is 15.9 Å². The number of rotatable bonds is 3. The van der Waals surface area contributed by atoms with E-state index in [1.807, 2.05) is 0 Å². The third-order valence-corrected chi connectivity index (χ3v) is 3.83. The normalized spacial score (nSPS) is 10.9. The molecule has 1 aromatic carbocycles. The molecule has 0 saturated heterocycles. The monoisotopic (exact) mass is 363 g/mol. The molecule has 3 rings (SSSR count). The van der Waals surface area contributed by atoms with E-state index in [-0.39, 0.29) is 11.3 Å². The van der Waals surface area contributed by atoms with E-state index in [1.165, 1.54) is 12.3 Å². The van der Waals surface area contributed by atoms with Gasteiger partial charge in [0, 0.05) is 28.6 Å². The van der Waals surface area contributed by atoms with Crippen molar-refractivity contribution in [2.45, 2.75) is 6.92 Å². The number of halogens is 2. The lowest BCUT2D eigenvalue weighted by Crippen LogP contribution is -2.08. The Balaban J connectivity index is 2.18. The van der Waals surface area contributed by atoms with E-state index in [4.69, 9.17) is 0 Å². The van der Waals surface area contributed by atoms with Gasteiger partial charge in [0.15, 0.2) is 0 Å². The molecule has 0 fully saturated rings. The molecule has 22 heavy (non-hydrogen) atoms. The number of nitrogens with zero attached hydrogens (tertiary/aromatic N) is 2. The number of aromatic carboxylic acids is 1. The van der Waals surface area contributed by atoms with E-state index >= 15 is 0 Å². The van der Waals surface area contributed by atoms with Crippen LogP contribution in [0.1, 0.15) is 15.9 Å². The number of anilines is 2. The summed E-state index contributed by atoms with van der Waals surface area (Å²) in [6, 6.07) is 4.53. The number of hydrogen-bond acceptors (Lipinski definition) is 3. The Bertz CT molecular complexity index is 892. The highest BCUT2D eigenvalue weighted by Crippen LogP contribution is 2.30. The van der Waals surface area contributed by atoms with Gasteiger partial charge in [-0.15, -0.1) is 0 Å². The van der Waals surface area contributed by atoms with Crippen molar-refractivity contribution in [2.75, 3.05) is 5.32 Å². The minimum absolute atomic E-state index is 0.0466. The van der Waals surface area contributed by atoms with Gasteiger partial charge in [-0.25, -0.2) is 14.2 Å². The van der Waals surface area contributed by atoms with E-state index in [0.717, 1.165) is 0 Å². The van der Waals surface area contributed by atoms with Gasteiger partial charge in [0.25, 0.3) is 0 Å². The van der Waals surface area contributed by atoms with Crippen LogP contribution in [0.2, 0.25) is 0 Å². The summed E-state index contributed by atoms with van der Waals surface area (Å²) in [5, 5.41) is 12.3. The lowest BCUT2D eigenvalue weighted by Gasteiger charge is -2.14. The molecule has 2 N–H and O–H groups in total. The van der Waals surface area contributed by atoms with Crippen LogP contribution in [0.25, 0.3) is 5.65 Å². The second-order valence-electron chi connectivity index (χ2n) is 4.76. The van der Waals surface area contributed by atoms with Gasteiger partial charge in [0.2, 0.25) is 0 Å². The van der Waals surface area contributed by atoms with Gasteiger partial charge in [-0.05, 0) is 25.1 Å². The Morgan fingerprint density at radius 1 is 1.45 bits per heavy atom. The molecule has 0 aliphatic heterocycles. The summed E-state index contributed by atoms with van der Waals surface area (Å²) >= 11 is 3.19. The number of hydrogen-bond donors (Lipinski definition) is 2. The van der Waals surface area contributed by atoms with E-state index in [0.29, 0.717) is 21.4 Å². The highest BCUT2D eigenvalue weighted by molar-refractivity contribution is 9.10. The fourth-order valence-electron chi connectivity index (χ4n) is 2.27. The Hall–Kier alpha value is -2.41. The standard InChI is InChI=1S/C15H11BrFN3O2/c1-8-13(19-12-3-2-9(16)6-11(12)17)10(15(21)22)7-20-5-4-18-14(8)20/h2-7,19H,1H3,(H,21,22). The predicted octanol–water partition coefficient (Wildman–Crippen LogP) is 3.99. The molecule has 3 aromatic rings. The number of aromatic nitrogens is 2. The van der Waals surface area contributed by atoms with Crippen molar-refractivity contribution in [1.82, 2.24) is 9.38 Å². The Morgan fingerprint density at radius 3 is 2.91 bits per heavy atom. The average molecular weight is 364 g/mol. The first kappa shape index (κ1) is 14.5. The molecule has 2 aromatic heterocycles. The minimum atomic E-state index is -1.10. The summed E-state index contributed by atoms with van der Waals surface area (Å²) in [6.45, 7) is 1.74. The maximum absolute atomic E-state index is 14.0. The van der Waals surface area contributed by atoms with Crippen molar-refractivity contribution >= 4 is 38.9 Å². The van der Waals surface area contributed by atoms with E-state index in [9.17, 15) is 14.3 Å². The number of carbonyl (C=O) groups is 1. The molecule has 0 unspecified atom stereocenters. The molecule has 112 valence electrons. The zero-order valence-electron chi connectivity index (χ0n) is 11.5. The molecular weight excluding hydrogens is 353 g/mol.